The number of pyridine rings is 1. The molecule has 0 atom stereocenters. The third-order valence-electron chi connectivity index (χ3n) is 2.29. The van der Waals surface area contributed by atoms with Crippen LogP contribution >= 0.6 is 31.9 Å². The van der Waals surface area contributed by atoms with Crippen LogP contribution in [0.3, 0.4) is 0 Å². The van der Waals surface area contributed by atoms with Crippen molar-refractivity contribution in [1.82, 2.24) is 4.98 Å². The van der Waals surface area contributed by atoms with Gasteiger partial charge in [-0.3, -0.25) is 15.1 Å². The Morgan fingerprint density at radius 2 is 2.05 bits per heavy atom. The molecule has 0 N–H and O–H groups in total. The molecule has 0 amide bonds. The first kappa shape index (κ1) is 14.0. The molecule has 19 heavy (non-hydrogen) atoms. The summed E-state index contributed by atoms with van der Waals surface area (Å²) < 4.78 is 7.07. The highest BCUT2D eigenvalue weighted by Gasteiger charge is 2.10. The lowest BCUT2D eigenvalue weighted by atomic mass is 10.3. The Bertz CT molecular complexity index is 602. The highest BCUT2D eigenvalue weighted by Crippen LogP contribution is 2.29. The van der Waals surface area contributed by atoms with Gasteiger partial charge in [0, 0.05) is 16.7 Å². The van der Waals surface area contributed by atoms with Gasteiger partial charge in [0.15, 0.2) is 0 Å². The van der Waals surface area contributed by atoms with Crippen molar-refractivity contribution < 1.29 is 9.66 Å². The zero-order valence-electron chi connectivity index (χ0n) is 9.55. The van der Waals surface area contributed by atoms with Crippen molar-refractivity contribution in [2.24, 2.45) is 0 Å². The molecule has 1 heterocycles. The van der Waals surface area contributed by atoms with Crippen molar-refractivity contribution in [2.45, 2.75) is 6.61 Å². The molecule has 7 heteroatoms. The van der Waals surface area contributed by atoms with Crippen LogP contribution in [0.2, 0.25) is 0 Å². The zero-order valence-corrected chi connectivity index (χ0v) is 12.7. The highest BCUT2D eigenvalue weighted by molar-refractivity contribution is 9.10. The fourth-order valence-electron chi connectivity index (χ4n) is 1.36. The van der Waals surface area contributed by atoms with E-state index >= 15 is 0 Å². The number of halogens is 2. The number of ether oxygens (including phenoxy) is 1. The number of benzene rings is 1. The van der Waals surface area contributed by atoms with E-state index < -0.39 is 4.92 Å². The maximum atomic E-state index is 10.7. The highest BCUT2D eigenvalue weighted by atomic mass is 79.9. The molecule has 5 nitrogen and oxygen atoms in total. The summed E-state index contributed by atoms with van der Waals surface area (Å²) in [6.45, 7) is 0.243. The molecule has 2 rings (SSSR count). The molecule has 0 saturated heterocycles. The first-order valence-corrected chi connectivity index (χ1v) is 6.82. The Labute approximate surface area is 126 Å². The predicted molar refractivity (Wildman–Crippen MR) is 77.1 cm³/mol. The van der Waals surface area contributed by atoms with Crippen LogP contribution in [0.1, 0.15) is 5.69 Å². The quantitative estimate of drug-likeness (QED) is 0.585. The van der Waals surface area contributed by atoms with Crippen molar-refractivity contribution in [3.05, 3.63) is 61.3 Å². The number of aromatic nitrogens is 1. The van der Waals surface area contributed by atoms with Crippen LogP contribution in [-0.4, -0.2) is 9.91 Å². The van der Waals surface area contributed by atoms with Crippen molar-refractivity contribution in [3.8, 4) is 5.75 Å². The van der Waals surface area contributed by atoms with Crippen LogP contribution < -0.4 is 4.74 Å². The molecule has 0 aliphatic rings. The maximum Gasteiger partial charge on any atom is 0.273 e. The van der Waals surface area contributed by atoms with E-state index in [1.54, 1.807) is 12.3 Å². The minimum Gasteiger partial charge on any atom is -0.486 e. The van der Waals surface area contributed by atoms with Gasteiger partial charge in [-0.1, -0.05) is 0 Å². The monoisotopic (exact) mass is 386 g/mol. The van der Waals surface area contributed by atoms with Gasteiger partial charge in [0.2, 0.25) is 0 Å². The van der Waals surface area contributed by atoms with Gasteiger partial charge in [-0.15, -0.1) is 0 Å². The van der Waals surface area contributed by atoms with Crippen molar-refractivity contribution in [1.29, 1.82) is 0 Å². The van der Waals surface area contributed by atoms with E-state index in [9.17, 15) is 10.1 Å². The Morgan fingerprint density at radius 3 is 2.68 bits per heavy atom. The first-order chi connectivity index (χ1) is 9.06. The summed E-state index contributed by atoms with van der Waals surface area (Å²) >= 11 is 6.58. The Morgan fingerprint density at radius 1 is 1.26 bits per heavy atom. The molecule has 0 radical (unpaired) electrons. The van der Waals surface area contributed by atoms with E-state index in [-0.39, 0.29) is 12.3 Å². The lowest BCUT2D eigenvalue weighted by molar-refractivity contribution is -0.385. The summed E-state index contributed by atoms with van der Waals surface area (Å²) in [6, 6.07) is 8.05. The van der Waals surface area contributed by atoms with Crippen LogP contribution in [0.5, 0.6) is 5.75 Å². The zero-order chi connectivity index (χ0) is 13.8. The minimum absolute atomic E-state index is 0.0121. The normalized spacial score (nSPS) is 10.2. The van der Waals surface area contributed by atoms with Gasteiger partial charge in [0.1, 0.15) is 12.4 Å². The first-order valence-electron chi connectivity index (χ1n) is 5.23. The van der Waals surface area contributed by atoms with Crippen LogP contribution in [0.4, 0.5) is 5.69 Å². The fraction of sp³-hybridized carbons (Fsp3) is 0.0833. The van der Waals surface area contributed by atoms with Crippen LogP contribution in [0.25, 0.3) is 0 Å². The standard InChI is InChI=1S/C12H8Br2N2O3/c13-8-1-2-9(15-6-8)7-19-12-5-10(16(17)18)3-4-11(12)14/h1-6H,7H2. The van der Waals surface area contributed by atoms with Gasteiger partial charge in [-0.2, -0.15) is 0 Å². The Balaban J connectivity index is 2.12. The van der Waals surface area contributed by atoms with Gasteiger partial charge >= 0.3 is 0 Å². The smallest absolute Gasteiger partial charge is 0.273 e. The number of hydrogen-bond acceptors (Lipinski definition) is 4. The van der Waals surface area contributed by atoms with E-state index in [0.717, 1.165) is 10.2 Å². The third-order valence-corrected chi connectivity index (χ3v) is 3.41. The summed E-state index contributed by atoms with van der Waals surface area (Å²) in [4.78, 5) is 14.4. The van der Waals surface area contributed by atoms with Gasteiger partial charge in [0.25, 0.3) is 5.69 Å². The number of nitro benzene ring substituents is 1. The summed E-state index contributed by atoms with van der Waals surface area (Å²) in [6.07, 6.45) is 1.67. The summed E-state index contributed by atoms with van der Waals surface area (Å²) in [5.74, 6) is 0.416. The molecule has 0 unspecified atom stereocenters. The molecule has 98 valence electrons. The second-order valence-corrected chi connectivity index (χ2v) is 5.40. The van der Waals surface area contributed by atoms with Crippen LogP contribution in [0.15, 0.2) is 45.5 Å². The van der Waals surface area contributed by atoms with Gasteiger partial charge in [-0.25, -0.2) is 0 Å². The summed E-state index contributed by atoms with van der Waals surface area (Å²) in [5, 5.41) is 10.7. The molecule has 2 aromatic rings. The number of nitro groups is 1. The lowest BCUT2D eigenvalue weighted by Gasteiger charge is -2.07. The maximum absolute atomic E-state index is 10.7. The SMILES string of the molecule is O=[N+]([O-])c1ccc(Br)c(OCc2ccc(Br)cn2)c1. The second kappa shape index (κ2) is 6.12. The molecule has 1 aromatic carbocycles. The van der Waals surface area contributed by atoms with E-state index in [2.05, 4.69) is 36.8 Å². The van der Waals surface area contributed by atoms with E-state index in [0.29, 0.717) is 10.2 Å². The van der Waals surface area contributed by atoms with E-state index in [4.69, 9.17) is 4.74 Å². The minimum atomic E-state index is -0.461. The van der Waals surface area contributed by atoms with E-state index in [1.807, 2.05) is 12.1 Å². The van der Waals surface area contributed by atoms with Crippen LogP contribution in [-0.2, 0) is 6.61 Å². The molecule has 0 aliphatic carbocycles. The topological polar surface area (TPSA) is 65.3 Å². The van der Waals surface area contributed by atoms with Gasteiger partial charge in [-0.05, 0) is 50.1 Å². The average molecular weight is 388 g/mol. The predicted octanol–water partition coefficient (Wildman–Crippen LogP) is 4.09. The largest absolute Gasteiger partial charge is 0.486 e. The molecule has 0 aliphatic heterocycles. The van der Waals surface area contributed by atoms with Crippen molar-refractivity contribution in [2.75, 3.05) is 0 Å². The average Bonchev–Trinajstić information content (AvgIpc) is 2.39. The molecule has 0 fully saturated rings. The number of nitrogens with zero attached hydrogens (tertiary/aromatic N) is 2. The van der Waals surface area contributed by atoms with Crippen LogP contribution in [0, 0.1) is 10.1 Å². The summed E-state index contributed by atoms with van der Waals surface area (Å²) in [5.41, 5.74) is 0.726. The van der Waals surface area contributed by atoms with Crippen molar-refractivity contribution >= 4 is 37.5 Å². The number of rotatable bonds is 4. The molecule has 0 spiro atoms. The lowest BCUT2D eigenvalue weighted by Crippen LogP contribution is -1.99. The third kappa shape index (κ3) is 3.74. The van der Waals surface area contributed by atoms with E-state index in [1.165, 1.54) is 12.1 Å². The Kier molecular flexibility index (Phi) is 4.49. The summed E-state index contributed by atoms with van der Waals surface area (Å²) in [7, 11) is 0. The molecule has 0 saturated carbocycles. The molecule has 0 bridgehead atoms. The van der Waals surface area contributed by atoms with Gasteiger partial charge < -0.3 is 4.74 Å². The second-order valence-electron chi connectivity index (χ2n) is 3.63. The number of hydrogen-bond donors (Lipinski definition) is 0. The van der Waals surface area contributed by atoms with Gasteiger partial charge in [0.05, 0.1) is 21.2 Å². The fourth-order valence-corrected chi connectivity index (χ4v) is 1.96. The molecular formula is C12H8Br2N2O3. The Hall–Kier alpha value is -1.47. The molecule has 1 aromatic heterocycles. The number of non-ortho nitro benzene ring substituents is 1. The van der Waals surface area contributed by atoms with Crippen molar-refractivity contribution in [3.63, 3.8) is 0 Å². The molecular weight excluding hydrogens is 380 g/mol.